The van der Waals surface area contributed by atoms with Crippen LogP contribution in [0.15, 0.2) is 0 Å². The van der Waals surface area contributed by atoms with E-state index in [1.807, 2.05) is 0 Å². The van der Waals surface area contributed by atoms with Gasteiger partial charge in [0.2, 0.25) is 11.8 Å². The maximum absolute atomic E-state index is 13.0. The Bertz CT molecular complexity index is 2700. The molecule has 24 N–H and O–H groups in total. The summed E-state index contributed by atoms with van der Waals surface area (Å²) < 4.78 is 126. The molecule has 8 aliphatic rings. The van der Waals surface area contributed by atoms with Crippen LogP contribution in [-0.4, -0.2) is 417 Å². The van der Waals surface area contributed by atoms with Gasteiger partial charge in [-0.25, -0.2) is 8.98 Å². The lowest BCUT2D eigenvalue weighted by molar-refractivity contribution is -0.419. The summed E-state index contributed by atoms with van der Waals surface area (Å²) in [5.74, 6) is -3.83. The first kappa shape index (κ1) is 80.6. The number of hydrogen-bond donors (Lipinski definition) is 24. The average molecular weight is 1460 g/mol. The molecule has 8 rings (SSSR count). The number of rotatable bonds is 24. The van der Waals surface area contributed by atoms with Gasteiger partial charge in [0.15, 0.2) is 56.4 Å². The number of hydrogen-bond acceptors (Lipinski definition) is 41. The number of carbonyl (C=O) groups is 3. The van der Waals surface area contributed by atoms with E-state index >= 15 is 0 Å². The predicted octanol–water partition coefficient (Wildman–Crippen LogP) is -16.2. The van der Waals surface area contributed by atoms with Gasteiger partial charge < -0.3 is 189 Å². The number of ether oxygens (including phenoxy) is 15. The summed E-state index contributed by atoms with van der Waals surface area (Å²) in [5.41, 5.74) is 0. The standard InChI is InChI=1S/C52H86N2O43S/c1-10-21(60)27(66)32(71)47(84-10)92-39-20(54-13(4)59)46(90-18(26(39)65)9-83-98(79,80)81)82-8-17-25(64)38(19(45(78)86-17)53-12(3)58)93-52-43(97-48-33(72)28(67)22(61)11(2)85-48)42(37(16(7-57)89-52)91-49-34(73)29(68)23(62)14(5-55)87-49)96-51-36(75)40(24(63)15(6-56)88-51)94-50-35(74)30(69)31(70)41(95-50)44(76)77/h10-11,14-43,45-52,55-57,60-75,78H,5-9H2,1-4H3,(H,53,58)(H,54,59)(H,76,77)(H,79,80,81)/t10-,11-,14+,15+,16+,17+,18+,19+,20+,21+,22+,23-,24-,25-,26+,27+,28+,29-,30-,31-,32-,33-,34+,35+,36+,37-,38+,39+,40-,41-,42-,43+,45?,46+,47-,48-,49-,50+,51-,52-/m0/s1. The molecule has 0 spiro atoms. The lowest BCUT2D eigenvalue weighted by Crippen LogP contribution is -2.71. The van der Waals surface area contributed by atoms with E-state index in [9.17, 15) is 135 Å². The van der Waals surface area contributed by atoms with E-state index in [0.717, 1.165) is 13.8 Å². The molecule has 568 valence electrons. The Morgan fingerprint density at radius 2 is 0.745 bits per heavy atom. The fourth-order valence-electron chi connectivity index (χ4n) is 12.2. The van der Waals surface area contributed by atoms with E-state index in [1.165, 1.54) is 13.8 Å². The van der Waals surface area contributed by atoms with Crippen LogP contribution in [0.3, 0.4) is 0 Å². The van der Waals surface area contributed by atoms with Gasteiger partial charge in [-0.1, -0.05) is 0 Å². The number of aliphatic hydroxyl groups excluding tert-OH is 20. The Morgan fingerprint density at radius 1 is 0.367 bits per heavy atom. The van der Waals surface area contributed by atoms with Gasteiger partial charge in [0.25, 0.3) is 0 Å². The molecule has 8 aliphatic heterocycles. The Morgan fingerprint density at radius 3 is 1.26 bits per heavy atom. The van der Waals surface area contributed by atoms with Crippen molar-refractivity contribution in [1.29, 1.82) is 0 Å². The maximum atomic E-state index is 13.0. The molecule has 0 saturated carbocycles. The highest BCUT2D eigenvalue weighted by atomic mass is 32.3. The molecule has 0 aromatic carbocycles. The molecule has 8 fully saturated rings. The zero-order valence-electron chi connectivity index (χ0n) is 51.9. The zero-order chi connectivity index (χ0) is 72.6. The predicted molar refractivity (Wildman–Crippen MR) is 296 cm³/mol. The minimum absolute atomic E-state index is 0.905. The molecule has 0 radical (unpaired) electrons. The van der Waals surface area contributed by atoms with Gasteiger partial charge in [-0.2, -0.15) is 8.42 Å². The van der Waals surface area contributed by atoms with Crippen LogP contribution in [-0.2, 0) is 100 Å². The van der Waals surface area contributed by atoms with Crippen molar-refractivity contribution >= 4 is 28.2 Å². The Balaban J connectivity index is 1.19. The van der Waals surface area contributed by atoms with Gasteiger partial charge in [-0.15, -0.1) is 0 Å². The SMILES string of the molecule is CC(=O)N[C@H]1[C@H](OC[C@H]2OC(O)[C@H](NC(C)=O)[C@@H](O[C@@H]3O[C@H](CO)[C@H](O[C@@H]4O[C@H](CO)[C@H](O)[C@H](O)[C@H]4O)[C@H](O[C@@H]4O[C@H](CO)[C@H](O)[C@H](O[C@@H]5O[C@H](C(=O)O)[C@@H](O)[C@H](O)[C@H]5O)[C@H]4O)[C@H]3O[C@@H]3O[C@@H](C)[C@@H](O)[C@@H](O)[C@@H]3O)[C@H]2O)O[C@H](COS(=O)(=O)O)[C@@H](O)[C@@H]1O[C@@H]1O[C@@H](C)[C@@H](O)[C@@H](O)[C@@H]1O. The Kier molecular flexibility index (Phi) is 27.8. The first-order chi connectivity index (χ1) is 45.9. The number of aliphatic carboxylic acids is 1. The molecule has 40 atom stereocenters. The fourth-order valence-corrected chi connectivity index (χ4v) is 12.5. The topological polar surface area (TPSA) is 702 Å². The van der Waals surface area contributed by atoms with Gasteiger partial charge in [0.05, 0.1) is 45.2 Å². The van der Waals surface area contributed by atoms with Crippen LogP contribution in [0.1, 0.15) is 27.7 Å². The van der Waals surface area contributed by atoms with Crippen LogP contribution < -0.4 is 10.6 Å². The van der Waals surface area contributed by atoms with Crippen LogP contribution >= 0.6 is 0 Å². The summed E-state index contributed by atoms with van der Waals surface area (Å²) in [6.45, 7) is -1.75. The van der Waals surface area contributed by atoms with E-state index in [2.05, 4.69) is 14.8 Å². The second kappa shape index (κ2) is 33.8. The molecule has 0 bridgehead atoms. The van der Waals surface area contributed by atoms with E-state index in [-0.39, 0.29) is 0 Å². The van der Waals surface area contributed by atoms with Gasteiger partial charge in [0.1, 0.15) is 177 Å². The number of carboxylic acid groups (broad SMARTS) is 1. The van der Waals surface area contributed by atoms with Crippen LogP contribution in [0, 0.1) is 0 Å². The van der Waals surface area contributed by atoms with Gasteiger partial charge in [-0.3, -0.25) is 14.1 Å². The largest absolute Gasteiger partial charge is 0.479 e. The molecule has 2 amide bonds. The van der Waals surface area contributed by atoms with Gasteiger partial charge in [-0.05, 0) is 13.8 Å². The van der Waals surface area contributed by atoms with Gasteiger partial charge >= 0.3 is 16.4 Å². The van der Waals surface area contributed by atoms with Crippen molar-refractivity contribution in [2.24, 2.45) is 0 Å². The molecule has 46 heteroatoms. The van der Waals surface area contributed by atoms with Crippen LogP contribution in [0.5, 0.6) is 0 Å². The molecule has 45 nitrogen and oxygen atoms in total. The number of carboxylic acids is 1. The lowest BCUT2D eigenvalue weighted by atomic mass is 9.93. The Hall–Kier alpha value is -3.12. The first-order valence-corrected chi connectivity index (χ1v) is 31.9. The van der Waals surface area contributed by atoms with Crippen LogP contribution in [0.2, 0.25) is 0 Å². The van der Waals surface area contributed by atoms with E-state index in [1.54, 1.807) is 0 Å². The number of aliphatic hydroxyl groups is 20. The summed E-state index contributed by atoms with van der Waals surface area (Å²) in [6, 6.07) is -3.87. The number of carbonyl (C=O) groups excluding carboxylic acids is 2. The molecule has 0 aromatic heterocycles. The van der Waals surface area contributed by atoms with E-state index < -0.39 is 307 Å². The third-order valence-corrected chi connectivity index (χ3v) is 18.0. The number of amides is 2. The summed E-state index contributed by atoms with van der Waals surface area (Å²) in [7, 11) is -5.33. The van der Waals surface area contributed by atoms with Crippen molar-refractivity contribution in [2.45, 2.75) is 273 Å². The summed E-state index contributed by atoms with van der Waals surface area (Å²) in [6.07, 6.45) is -82.1. The summed E-state index contributed by atoms with van der Waals surface area (Å²) in [5, 5.41) is 236. The molecule has 1 unspecified atom stereocenters. The van der Waals surface area contributed by atoms with Crippen molar-refractivity contribution in [3.05, 3.63) is 0 Å². The lowest BCUT2D eigenvalue weighted by Gasteiger charge is -2.52. The smallest absolute Gasteiger partial charge is 0.397 e. The third kappa shape index (κ3) is 17.8. The Labute approximate surface area is 553 Å². The van der Waals surface area contributed by atoms with Gasteiger partial charge in [0, 0.05) is 13.8 Å². The molecule has 98 heavy (non-hydrogen) atoms. The molecule has 0 aliphatic carbocycles. The fraction of sp³-hybridized carbons (Fsp3) is 0.942. The quantitative estimate of drug-likeness (QED) is 0.0399. The van der Waals surface area contributed by atoms with Crippen molar-refractivity contribution < 1.29 is 210 Å². The van der Waals surface area contributed by atoms with Crippen molar-refractivity contribution in [3.8, 4) is 0 Å². The molecular formula is C52H86N2O43S. The van der Waals surface area contributed by atoms with E-state index in [4.69, 9.17) is 71.1 Å². The highest BCUT2D eigenvalue weighted by molar-refractivity contribution is 7.80. The summed E-state index contributed by atoms with van der Waals surface area (Å²) >= 11 is 0. The monoisotopic (exact) mass is 1460 g/mol. The normalized spacial score (nSPS) is 49.7. The average Bonchev–Trinajstić information content (AvgIpc) is 0.768. The third-order valence-electron chi connectivity index (χ3n) is 17.5. The van der Waals surface area contributed by atoms with Crippen molar-refractivity contribution in [3.63, 3.8) is 0 Å². The molecule has 0 aromatic rings. The highest BCUT2D eigenvalue weighted by Gasteiger charge is 2.61. The first-order valence-electron chi connectivity index (χ1n) is 30.5. The molecule has 8 saturated heterocycles. The highest BCUT2D eigenvalue weighted by Crippen LogP contribution is 2.40. The molecule has 8 heterocycles. The van der Waals surface area contributed by atoms with Crippen LogP contribution in [0.4, 0.5) is 0 Å². The minimum Gasteiger partial charge on any atom is -0.479 e. The minimum atomic E-state index is -5.33. The maximum Gasteiger partial charge on any atom is 0.397 e. The second-order valence-corrected chi connectivity index (χ2v) is 25.5. The van der Waals surface area contributed by atoms with E-state index in [0.29, 0.717) is 0 Å². The molecular weight excluding hydrogens is 1370 g/mol. The van der Waals surface area contributed by atoms with Crippen molar-refractivity contribution in [2.75, 3.05) is 33.0 Å². The van der Waals surface area contributed by atoms with Crippen molar-refractivity contribution in [1.82, 2.24) is 10.6 Å². The van der Waals surface area contributed by atoms with Crippen LogP contribution in [0.25, 0.3) is 0 Å². The number of nitrogens with one attached hydrogen (secondary N) is 2. The second-order valence-electron chi connectivity index (χ2n) is 24.4. The summed E-state index contributed by atoms with van der Waals surface area (Å²) in [4.78, 5) is 37.9. The zero-order valence-corrected chi connectivity index (χ0v) is 52.8.